The summed E-state index contributed by atoms with van der Waals surface area (Å²) in [6.07, 6.45) is -3.02. The maximum atomic E-state index is 11.5. The molecule has 2 N–H and O–H groups in total. The fourth-order valence-corrected chi connectivity index (χ4v) is 2.84. The average molecular weight is 273 g/mol. The van der Waals surface area contributed by atoms with Gasteiger partial charge in [0.15, 0.2) is 24.0 Å². The van der Waals surface area contributed by atoms with Gasteiger partial charge < -0.3 is 29.4 Å². The highest BCUT2D eigenvalue weighted by molar-refractivity contribution is 5.80. The van der Waals surface area contributed by atoms with E-state index in [4.69, 9.17) is 29.4 Å². The number of carbonyl (C=O) groups is 1. The van der Waals surface area contributed by atoms with Crippen LogP contribution >= 0.6 is 0 Å². The molecule has 3 aliphatic heterocycles. The van der Waals surface area contributed by atoms with Crippen LogP contribution in [0.2, 0.25) is 0 Å². The number of carbonyl (C=O) groups excluding carboxylic acids is 1. The molecule has 0 saturated carbocycles. The van der Waals surface area contributed by atoms with Crippen LogP contribution in [0.25, 0.3) is 0 Å². The number of primary amides is 1. The molecule has 3 heterocycles. The fraction of sp³-hybridized carbons (Fsp3) is 0.917. The Kier molecular flexibility index (Phi) is 2.72. The number of amides is 1. The average Bonchev–Trinajstić information content (AvgIpc) is 2.70. The monoisotopic (exact) mass is 273 g/mol. The summed E-state index contributed by atoms with van der Waals surface area (Å²) in [6.45, 7) is 7.12. The van der Waals surface area contributed by atoms with Crippen LogP contribution in [0.5, 0.6) is 0 Å². The molecule has 0 aromatic heterocycles. The van der Waals surface area contributed by atoms with Crippen molar-refractivity contribution in [3.05, 3.63) is 0 Å². The van der Waals surface area contributed by atoms with Gasteiger partial charge in [0.25, 0.3) is 0 Å². The molecule has 3 rings (SSSR count). The normalized spacial score (nSPS) is 46.6. The molecule has 0 bridgehead atoms. The van der Waals surface area contributed by atoms with E-state index in [1.54, 1.807) is 27.7 Å². The summed E-state index contributed by atoms with van der Waals surface area (Å²) in [5.74, 6) is -2.19. The van der Waals surface area contributed by atoms with Gasteiger partial charge in [0.05, 0.1) is 0 Å². The molecule has 7 heteroatoms. The highest BCUT2D eigenvalue weighted by Gasteiger charge is 2.61. The van der Waals surface area contributed by atoms with Crippen LogP contribution in [0.1, 0.15) is 27.7 Å². The molecule has 19 heavy (non-hydrogen) atoms. The minimum absolute atomic E-state index is 0.433. The van der Waals surface area contributed by atoms with E-state index in [-0.39, 0.29) is 0 Å². The molecule has 2 unspecified atom stereocenters. The maximum absolute atomic E-state index is 11.5. The molecule has 0 aromatic carbocycles. The lowest BCUT2D eigenvalue weighted by Crippen LogP contribution is -2.58. The van der Waals surface area contributed by atoms with Gasteiger partial charge in [0.2, 0.25) is 5.91 Å². The Balaban J connectivity index is 1.91. The molecule has 3 aliphatic rings. The van der Waals surface area contributed by atoms with Gasteiger partial charge in [-0.25, -0.2) is 0 Å². The van der Waals surface area contributed by atoms with E-state index in [1.165, 1.54) is 0 Å². The Hall–Kier alpha value is -0.730. The maximum Gasteiger partial charge on any atom is 0.249 e. The van der Waals surface area contributed by atoms with Crippen LogP contribution < -0.4 is 5.73 Å². The molecular formula is C12H19NO6. The zero-order valence-electron chi connectivity index (χ0n) is 11.4. The molecule has 1 amide bonds. The second-order valence-electron chi connectivity index (χ2n) is 5.99. The first-order valence-electron chi connectivity index (χ1n) is 6.35. The van der Waals surface area contributed by atoms with E-state index in [2.05, 4.69) is 0 Å². The van der Waals surface area contributed by atoms with Crippen LogP contribution in [0.3, 0.4) is 0 Å². The van der Waals surface area contributed by atoms with Crippen molar-refractivity contribution in [2.24, 2.45) is 5.73 Å². The first kappa shape index (κ1) is 13.3. The van der Waals surface area contributed by atoms with E-state index in [1.807, 2.05) is 0 Å². The third-order valence-electron chi connectivity index (χ3n) is 3.44. The predicted octanol–water partition coefficient (Wildman–Crippen LogP) is -0.132. The molecule has 0 spiro atoms. The summed E-state index contributed by atoms with van der Waals surface area (Å²) in [5, 5.41) is 0. The van der Waals surface area contributed by atoms with Gasteiger partial charge >= 0.3 is 0 Å². The summed E-state index contributed by atoms with van der Waals surface area (Å²) in [7, 11) is 0. The number of hydrogen-bond donors (Lipinski definition) is 1. The van der Waals surface area contributed by atoms with Crippen molar-refractivity contribution in [2.45, 2.75) is 70.0 Å². The Morgan fingerprint density at radius 2 is 1.42 bits per heavy atom. The van der Waals surface area contributed by atoms with Crippen molar-refractivity contribution in [2.75, 3.05) is 0 Å². The second kappa shape index (κ2) is 3.89. The number of fused-ring (bicyclic) bond motifs is 3. The largest absolute Gasteiger partial charge is 0.367 e. The predicted molar refractivity (Wildman–Crippen MR) is 61.7 cm³/mol. The van der Waals surface area contributed by atoms with Gasteiger partial charge in [-0.2, -0.15) is 0 Å². The van der Waals surface area contributed by atoms with Gasteiger partial charge in [-0.1, -0.05) is 0 Å². The lowest BCUT2D eigenvalue weighted by molar-refractivity contribution is -0.230. The molecule has 3 saturated heterocycles. The lowest BCUT2D eigenvalue weighted by Gasteiger charge is -2.35. The molecule has 7 nitrogen and oxygen atoms in total. The first-order chi connectivity index (χ1) is 8.69. The van der Waals surface area contributed by atoms with Crippen molar-refractivity contribution in [3.63, 3.8) is 0 Å². The molecule has 0 radical (unpaired) electrons. The van der Waals surface area contributed by atoms with E-state index < -0.39 is 48.2 Å². The van der Waals surface area contributed by atoms with Gasteiger partial charge in [0, 0.05) is 0 Å². The summed E-state index contributed by atoms with van der Waals surface area (Å²) in [6, 6.07) is 0. The Bertz CT molecular complexity index is 409. The molecule has 0 aliphatic carbocycles. The summed E-state index contributed by atoms with van der Waals surface area (Å²) in [5.41, 5.74) is 5.37. The lowest BCUT2D eigenvalue weighted by atomic mass is 9.99. The number of hydrogen-bond acceptors (Lipinski definition) is 6. The number of nitrogens with two attached hydrogens (primary N) is 1. The molecule has 3 fully saturated rings. The fourth-order valence-electron chi connectivity index (χ4n) is 2.84. The van der Waals surface area contributed by atoms with Crippen molar-refractivity contribution >= 4 is 5.91 Å². The topological polar surface area (TPSA) is 89.2 Å². The van der Waals surface area contributed by atoms with Crippen molar-refractivity contribution in [3.8, 4) is 0 Å². The van der Waals surface area contributed by atoms with Crippen LogP contribution in [0.15, 0.2) is 0 Å². The van der Waals surface area contributed by atoms with Crippen LogP contribution in [-0.4, -0.2) is 48.2 Å². The quantitative estimate of drug-likeness (QED) is 0.715. The zero-order chi connectivity index (χ0) is 14.0. The van der Waals surface area contributed by atoms with E-state index in [0.29, 0.717) is 0 Å². The number of ether oxygens (including phenoxy) is 5. The molecule has 108 valence electrons. The molecular weight excluding hydrogens is 254 g/mol. The van der Waals surface area contributed by atoms with Crippen molar-refractivity contribution in [1.29, 1.82) is 0 Å². The second-order valence-corrected chi connectivity index (χ2v) is 5.99. The molecule has 5 atom stereocenters. The van der Waals surface area contributed by atoms with Crippen LogP contribution in [0.4, 0.5) is 0 Å². The molecule has 0 aromatic rings. The van der Waals surface area contributed by atoms with Gasteiger partial charge in [0.1, 0.15) is 18.3 Å². The Morgan fingerprint density at radius 3 is 2.05 bits per heavy atom. The highest BCUT2D eigenvalue weighted by Crippen LogP contribution is 2.43. The van der Waals surface area contributed by atoms with Gasteiger partial charge in [-0.3, -0.25) is 4.79 Å². The van der Waals surface area contributed by atoms with Crippen LogP contribution in [0, 0.1) is 0 Å². The SMILES string of the molecule is CC1(C)OC2[C@H](OC(C(N)=O)[C@@H]3OC(C)(C)O[C@H]23)O1. The minimum Gasteiger partial charge on any atom is -0.367 e. The van der Waals surface area contributed by atoms with E-state index in [0.717, 1.165) is 0 Å². The van der Waals surface area contributed by atoms with Gasteiger partial charge in [-0.15, -0.1) is 0 Å². The van der Waals surface area contributed by atoms with Crippen molar-refractivity contribution < 1.29 is 28.5 Å². The Morgan fingerprint density at radius 1 is 0.895 bits per heavy atom. The van der Waals surface area contributed by atoms with Gasteiger partial charge in [-0.05, 0) is 27.7 Å². The standard InChI is InChI=1S/C12H19NO6/c1-11(2)16-5-6(17-11)8-10(15-7(5)9(13)14)19-12(3,4)18-8/h5-8,10H,1-4H3,(H2,13,14)/t5-,6+,7?,8?,10-/m1/s1. The summed E-state index contributed by atoms with van der Waals surface area (Å²) >= 11 is 0. The minimum atomic E-state index is -0.898. The zero-order valence-corrected chi connectivity index (χ0v) is 11.4. The first-order valence-corrected chi connectivity index (χ1v) is 6.35. The van der Waals surface area contributed by atoms with E-state index in [9.17, 15) is 4.79 Å². The highest BCUT2D eigenvalue weighted by atomic mass is 16.9. The Labute approximate surface area is 111 Å². The number of rotatable bonds is 1. The van der Waals surface area contributed by atoms with E-state index >= 15 is 0 Å². The third kappa shape index (κ3) is 2.15. The third-order valence-corrected chi connectivity index (χ3v) is 3.44. The smallest absolute Gasteiger partial charge is 0.249 e. The van der Waals surface area contributed by atoms with Crippen LogP contribution in [-0.2, 0) is 28.5 Å². The summed E-state index contributed by atoms with van der Waals surface area (Å²) in [4.78, 5) is 11.5. The van der Waals surface area contributed by atoms with Crippen molar-refractivity contribution in [1.82, 2.24) is 0 Å². The summed E-state index contributed by atoms with van der Waals surface area (Å²) < 4.78 is 28.5.